The molecule has 0 aliphatic carbocycles. The molecule has 0 aromatic heterocycles. The molecule has 122 valence electrons. The van der Waals surface area contributed by atoms with Crippen molar-refractivity contribution in [1.29, 1.82) is 0 Å². The molecule has 0 N–H and O–H groups in total. The average molecular weight is 285 g/mol. The van der Waals surface area contributed by atoms with E-state index in [0.717, 1.165) is 6.61 Å². The van der Waals surface area contributed by atoms with Gasteiger partial charge in [-0.25, -0.2) is 0 Å². The molecule has 0 aromatic carbocycles. The predicted octanol–water partition coefficient (Wildman–Crippen LogP) is 6.89. The normalized spacial score (nSPS) is 12.8. The summed E-state index contributed by atoms with van der Waals surface area (Å²) in [5.41, 5.74) is 0. The van der Waals surface area contributed by atoms with Crippen LogP contribution >= 0.6 is 0 Å². The lowest BCUT2D eigenvalue weighted by Crippen LogP contribution is -2.08. The molecule has 1 atom stereocenters. The van der Waals surface area contributed by atoms with Gasteiger partial charge in [0.15, 0.2) is 0 Å². The number of hydrogen-bond donors (Lipinski definition) is 0. The Morgan fingerprint density at radius 1 is 0.600 bits per heavy atom. The smallest absolute Gasteiger partial charge is 0.0547 e. The van der Waals surface area contributed by atoms with Gasteiger partial charge in [-0.2, -0.15) is 0 Å². The second-order valence-corrected chi connectivity index (χ2v) is 6.36. The summed E-state index contributed by atoms with van der Waals surface area (Å²) in [6.07, 6.45) is 19.8. The van der Waals surface area contributed by atoms with Gasteiger partial charge in [-0.3, -0.25) is 0 Å². The Morgan fingerprint density at radius 2 is 1.05 bits per heavy atom. The van der Waals surface area contributed by atoms with Crippen LogP contribution in [0.3, 0.4) is 0 Å². The van der Waals surface area contributed by atoms with E-state index in [1.54, 1.807) is 0 Å². The molecule has 0 spiro atoms. The third-order valence-corrected chi connectivity index (χ3v) is 4.11. The minimum Gasteiger partial charge on any atom is -0.379 e. The summed E-state index contributed by atoms with van der Waals surface area (Å²) in [6, 6.07) is 0. The molecule has 0 bridgehead atoms. The fourth-order valence-corrected chi connectivity index (χ4v) is 2.63. The van der Waals surface area contributed by atoms with Gasteiger partial charge in [-0.15, -0.1) is 0 Å². The van der Waals surface area contributed by atoms with Gasteiger partial charge >= 0.3 is 0 Å². The average Bonchev–Trinajstić information content (AvgIpc) is 2.46. The summed E-state index contributed by atoms with van der Waals surface area (Å²) in [5.74, 6) is 0. The maximum Gasteiger partial charge on any atom is 0.0547 e. The first-order chi connectivity index (χ1) is 9.81. The zero-order chi connectivity index (χ0) is 14.9. The summed E-state index contributed by atoms with van der Waals surface area (Å²) >= 11 is 0. The number of hydrogen-bond acceptors (Lipinski definition) is 1. The second-order valence-electron chi connectivity index (χ2n) is 6.36. The minimum atomic E-state index is 0.470. The summed E-state index contributed by atoms with van der Waals surface area (Å²) in [6.45, 7) is 7.72. The van der Waals surface area contributed by atoms with Crippen molar-refractivity contribution in [2.75, 3.05) is 6.61 Å². The van der Waals surface area contributed by atoms with Crippen LogP contribution in [0.15, 0.2) is 0 Å². The van der Waals surface area contributed by atoms with Crippen molar-refractivity contribution in [3.63, 3.8) is 0 Å². The monoisotopic (exact) mass is 284 g/mol. The molecule has 0 aromatic rings. The topological polar surface area (TPSA) is 9.23 Å². The largest absolute Gasteiger partial charge is 0.379 e. The molecule has 0 saturated carbocycles. The van der Waals surface area contributed by atoms with Gasteiger partial charge < -0.3 is 4.74 Å². The Hall–Kier alpha value is -0.0400. The van der Waals surface area contributed by atoms with Crippen molar-refractivity contribution in [2.45, 2.75) is 117 Å². The Balaban J connectivity index is 3.02. The van der Waals surface area contributed by atoms with Crippen LogP contribution in [-0.2, 0) is 4.74 Å². The van der Waals surface area contributed by atoms with Crippen LogP contribution in [0.5, 0.6) is 0 Å². The summed E-state index contributed by atoms with van der Waals surface area (Å²) in [7, 11) is 0. The molecular weight excluding hydrogens is 244 g/mol. The van der Waals surface area contributed by atoms with Crippen LogP contribution in [0.25, 0.3) is 0 Å². The maximum absolute atomic E-state index is 5.83. The highest BCUT2D eigenvalue weighted by atomic mass is 16.5. The molecule has 0 aliphatic rings. The molecule has 20 heavy (non-hydrogen) atoms. The Morgan fingerprint density at radius 3 is 1.55 bits per heavy atom. The predicted molar refractivity (Wildman–Crippen MR) is 91.4 cm³/mol. The van der Waals surface area contributed by atoms with Gasteiger partial charge in [0, 0.05) is 6.61 Å². The van der Waals surface area contributed by atoms with Crippen molar-refractivity contribution >= 4 is 0 Å². The van der Waals surface area contributed by atoms with E-state index in [-0.39, 0.29) is 0 Å². The van der Waals surface area contributed by atoms with Crippen LogP contribution in [-0.4, -0.2) is 12.7 Å². The zero-order valence-corrected chi connectivity index (χ0v) is 14.6. The van der Waals surface area contributed by atoms with Crippen LogP contribution < -0.4 is 0 Å². The Kier molecular flexibility index (Phi) is 17.0. The molecule has 0 aliphatic heterocycles. The first-order valence-electron chi connectivity index (χ1n) is 9.42. The van der Waals surface area contributed by atoms with Crippen molar-refractivity contribution in [2.24, 2.45) is 0 Å². The fourth-order valence-electron chi connectivity index (χ4n) is 2.63. The number of ether oxygens (including phenoxy) is 1. The highest BCUT2D eigenvalue weighted by Crippen LogP contribution is 2.11. The van der Waals surface area contributed by atoms with Gasteiger partial charge in [0.2, 0.25) is 0 Å². The Labute approximate surface area is 128 Å². The SMILES string of the molecule is CCCCCCCCCCCCCOC(C)CCCC. The first-order valence-corrected chi connectivity index (χ1v) is 9.42. The molecule has 0 saturated heterocycles. The summed E-state index contributed by atoms with van der Waals surface area (Å²) in [4.78, 5) is 0. The molecule has 1 nitrogen and oxygen atoms in total. The molecule has 1 heteroatoms. The first kappa shape index (κ1) is 20.0. The summed E-state index contributed by atoms with van der Waals surface area (Å²) in [5, 5.41) is 0. The standard InChI is InChI=1S/C19H40O/c1-4-6-8-9-10-11-12-13-14-15-16-18-20-19(3)17-7-5-2/h19H,4-18H2,1-3H3. The van der Waals surface area contributed by atoms with E-state index >= 15 is 0 Å². The summed E-state index contributed by atoms with van der Waals surface area (Å²) < 4.78 is 5.83. The molecular formula is C19H40O. The van der Waals surface area contributed by atoms with Gasteiger partial charge in [0.25, 0.3) is 0 Å². The van der Waals surface area contributed by atoms with E-state index in [1.165, 1.54) is 89.9 Å². The molecule has 0 fully saturated rings. The fraction of sp³-hybridized carbons (Fsp3) is 1.00. The lowest BCUT2D eigenvalue weighted by molar-refractivity contribution is 0.0560. The third kappa shape index (κ3) is 16.0. The van der Waals surface area contributed by atoms with Crippen LogP contribution in [0.2, 0.25) is 0 Å². The van der Waals surface area contributed by atoms with E-state index in [2.05, 4.69) is 20.8 Å². The van der Waals surface area contributed by atoms with Crippen molar-refractivity contribution in [3.05, 3.63) is 0 Å². The van der Waals surface area contributed by atoms with Crippen molar-refractivity contribution in [3.8, 4) is 0 Å². The molecule has 1 unspecified atom stereocenters. The highest BCUT2D eigenvalue weighted by molar-refractivity contribution is 4.51. The molecule has 0 radical (unpaired) electrons. The van der Waals surface area contributed by atoms with E-state index in [1.807, 2.05) is 0 Å². The molecule has 0 heterocycles. The van der Waals surface area contributed by atoms with Gasteiger partial charge in [0.05, 0.1) is 6.10 Å². The van der Waals surface area contributed by atoms with Gasteiger partial charge in [0.1, 0.15) is 0 Å². The van der Waals surface area contributed by atoms with E-state index in [4.69, 9.17) is 4.74 Å². The van der Waals surface area contributed by atoms with E-state index in [0.29, 0.717) is 6.10 Å². The van der Waals surface area contributed by atoms with E-state index < -0.39 is 0 Å². The van der Waals surface area contributed by atoms with Crippen LogP contribution in [0, 0.1) is 0 Å². The second kappa shape index (κ2) is 17.0. The quantitative estimate of drug-likeness (QED) is 0.280. The Bertz CT molecular complexity index is 167. The minimum absolute atomic E-state index is 0.470. The van der Waals surface area contributed by atoms with Crippen molar-refractivity contribution < 1.29 is 4.74 Å². The lowest BCUT2D eigenvalue weighted by atomic mass is 10.1. The van der Waals surface area contributed by atoms with Gasteiger partial charge in [-0.05, 0) is 19.8 Å². The number of rotatable bonds is 16. The zero-order valence-electron chi connectivity index (χ0n) is 14.6. The van der Waals surface area contributed by atoms with Crippen LogP contribution in [0.1, 0.15) is 111 Å². The van der Waals surface area contributed by atoms with E-state index in [9.17, 15) is 0 Å². The molecule has 0 amide bonds. The lowest BCUT2D eigenvalue weighted by Gasteiger charge is -2.12. The van der Waals surface area contributed by atoms with Crippen LogP contribution in [0.4, 0.5) is 0 Å². The maximum atomic E-state index is 5.83. The van der Waals surface area contributed by atoms with Crippen molar-refractivity contribution in [1.82, 2.24) is 0 Å². The molecule has 0 rings (SSSR count). The highest BCUT2D eigenvalue weighted by Gasteiger charge is 2.00. The van der Waals surface area contributed by atoms with Gasteiger partial charge in [-0.1, -0.05) is 90.9 Å². The number of unbranched alkanes of at least 4 members (excludes halogenated alkanes) is 11. The third-order valence-electron chi connectivity index (χ3n) is 4.11.